The van der Waals surface area contributed by atoms with Crippen molar-refractivity contribution in [2.45, 2.75) is 33.4 Å². The summed E-state index contributed by atoms with van der Waals surface area (Å²) in [5.74, 6) is -0.0430. The molecule has 8 heteroatoms. The first-order valence-electron chi connectivity index (χ1n) is 8.20. The van der Waals surface area contributed by atoms with E-state index in [1.165, 1.54) is 14.2 Å². The Morgan fingerprint density at radius 2 is 1.77 bits per heavy atom. The molecule has 0 spiro atoms. The lowest BCUT2D eigenvalue weighted by molar-refractivity contribution is 0.0371. The minimum absolute atomic E-state index is 0.0590. The van der Waals surface area contributed by atoms with Crippen LogP contribution in [0.1, 0.15) is 41.6 Å². The van der Waals surface area contributed by atoms with Crippen molar-refractivity contribution in [1.82, 2.24) is 9.78 Å². The molecule has 2 aromatic rings. The van der Waals surface area contributed by atoms with E-state index < -0.39 is 11.9 Å². The second-order valence-corrected chi connectivity index (χ2v) is 5.76. The number of hydrogen-bond acceptors (Lipinski definition) is 6. The highest BCUT2D eigenvalue weighted by atomic mass is 16.5. The Labute approximate surface area is 152 Å². The Balaban J connectivity index is 2.31. The number of nitrogens with zero attached hydrogens (tertiary/aromatic N) is 2. The van der Waals surface area contributed by atoms with Gasteiger partial charge in [0.15, 0.2) is 5.69 Å². The van der Waals surface area contributed by atoms with Gasteiger partial charge < -0.3 is 19.5 Å². The molecule has 0 aliphatic rings. The van der Waals surface area contributed by atoms with Crippen molar-refractivity contribution < 1.29 is 23.8 Å². The van der Waals surface area contributed by atoms with Crippen LogP contribution in [0.2, 0.25) is 0 Å². The number of carbonyl (C=O) groups is 2. The van der Waals surface area contributed by atoms with Crippen molar-refractivity contribution in [3.8, 4) is 11.5 Å². The molecule has 0 bridgehead atoms. The molecule has 0 unspecified atom stereocenters. The molecule has 0 saturated carbocycles. The molecular weight excluding hydrogens is 338 g/mol. The molecule has 8 nitrogen and oxygen atoms in total. The fraction of sp³-hybridized carbons (Fsp3) is 0.389. The average molecular weight is 361 g/mol. The molecule has 1 heterocycles. The highest BCUT2D eigenvalue weighted by Gasteiger charge is 2.21. The monoisotopic (exact) mass is 361 g/mol. The van der Waals surface area contributed by atoms with Gasteiger partial charge in [-0.05, 0) is 32.9 Å². The normalized spacial score (nSPS) is 10.5. The zero-order valence-electron chi connectivity index (χ0n) is 15.5. The second-order valence-electron chi connectivity index (χ2n) is 5.76. The van der Waals surface area contributed by atoms with Gasteiger partial charge in [-0.3, -0.25) is 9.48 Å². The number of amides is 1. The zero-order chi connectivity index (χ0) is 19.3. The van der Waals surface area contributed by atoms with Gasteiger partial charge in [-0.1, -0.05) is 0 Å². The van der Waals surface area contributed by atoms with Gasteiger partial charge >= 0.3 is 5.97 Å². The Hall–Kier alpha value is -3.03. The van der Waals surface area contributed by atoms with Crippen LogP contribution in [0, 0.1) is 0 Å². The minimum Gasteiger partial charge on any atom is -0.497 e. The van der Waals surface area contributed by atoms with Crippen molar-refractivity contribution in [1.29, 1.82) is 0 Å². The predicted octanol–water partition coefficient (Wildman–Crippen LogP) is 2.74. The summed E-state index contributed by atoms with van der Waals surface area (Å²) >= 11 is 0. The highest BCUT2D eigenvalue weighted by Crippen LogP contribution is 2.24. The minimum atomic E-state index is -0.592. The van der Waals surface area contributed by atoms with Crippen LogP contribution in [-0.4, -0.2) is 42.0 Å². The van der Waals surface area contributed by atoms with Crippen LogP contribution in [0.25, 0.3) is 0 Å². The maximum atomic E-state index is 12.6. The molecule has 0 saturated heterocycles. The van der Waals surface area contributed by atoms with E-state index in [1.54, 1.807) is 42.9 Å². The fourth-order valence-electron chi connectivity index (χ4n) is 2.23. The van der Waals surface area contributed by atoms with Gasteiger partial charge in [0.2, 0.25) is 0 Å². The van der Waals surface area contributed by atoms with Gasteiger partial charge in [0.05, 0.1) is 26.0 Å². The summed E-state index contributed by atoms with van der Waals surface area (Å²) in [7, 11) is 3.00. The van der Waals surface area contributed by atoms with E-state index in [1.807, 2.05) is 6.92 Å². The summed E-state index contributed by atoms with van der Waals surface area (Å²) in [6.07, 6.45) is 1.30. The molecule has 0 fully saturated rings. The van der Waals surface area contributed by atoms with Crippen LogP contribution < -0.4 is 14.8 Å². The van der Waals surface area contributed by atoms with Crippen LogP contribution in [-0.2, 0) is 11.3 Å². The van der Waals surface area contributed by atoms with E-state index in [2.05, 4.69) is 10.4 Å². The summed E-state index contributed by atoms with van der Waals surface area (Å²) in [6, 6.07) is 4.82. The SMILES string of the molecule is CCn1cc(NC(=O)c2cc(OC)cc(OC)c2)c(C(=O)OC(C)C)n1. The first-order chi connectivity index (χ1) is 12.4. The lowest BCUT2D eigenvalue weighted by atomic mass is 10.2. The summed E-state index contributed by atoms with van der Waals surface area (Å²) in [5.41, 5.74) is 0.668. The van der Waals surface area contributed by atoms with Crippen molar-refractivity contribution >= 4 is 17.6 Å². The Morgan fingerprint density at radius 3 is 2.27 bits per heavy atom. The summed E-state index contributed by atoms with van der Waals surface area (Å²) in [4.78, 5) is 24.9. The Bertz CT molecular complexity index is 776. The maximum Gasteiger partial charge on any atom is 0.361 e. The first kappa shape index (κ1) is 19.3. The maximum absolute atomic E-state index is 12.6. The lowest BCUT2D eigenvalue weighted by Gasteiger charge is -2.10. The molecule has 0 aliphatic carbocycles. The third-order valence-corrected chi connectivity index (χ3v) is 3.48. The van der Waals surface area contributed by atoms with E-state index in [-0.39, 0.29) is 17.5 Å². The summed E-state index contributed by atoms with van der Waals surface area (Å²) < 4.78 is 17.1. The molecule has 26 heavy (non-hydrogen) atoms. The number of rotatable bonds is 7. The quantitative estimate of drug-likeness (QED) is 0.763. The second kappa shape index (κ2) is 8.37. The van der Waals surface area contributed by atoms with Crippen LogP contribution in [0.3, 0.4) is 0 Å². The number of anilines is 1. The number of esters is 1. The predicted molar refractivity (Wildman–Crippen MR) is 96.0 cm³/mol. The molecule has 0 radical (unpaired) electrons. The molecule has 1 N–H and O–H groups in total. The van der Waals surface area contributed by atoms with Crippen molar-refractivity contribution in [2.24, 2.45) is 0 Å². The molecule has 140 valence electrons. The number of benzene rings is 1. The smallest absolute Gasteiger partial charge is 0.361 e. The molecule has 2 rings (SSSR count). The average Bonchev–Trinajstić information content (AvgIpc) is 3.03. The van der Waals surface area contributed by atoms with Gasteiger partial charge in [-0.15, -0.1) is 0 Å². The van der Waals surface area contributed by atoms with Gasteiger partial charge in [0.1, 0.15) is 11.5 Å². The van der Waals surface area contributed by atoms with Gasteiger partial charge in [-0.25, -0.2) is 4.79 Å². The van der Waals surface area contributed by atoms with Crippen LogP contribution in [0.5, 0.6) is 11.5 Å². The largest absolute Gasteiger partial charge is 0.497 e. The zero-order valence-corrected chi connectivity index (χ0v) is 15.5. The van der Waals surface area contributed by atoms with E-state index in [9.17, 15) is 9.59 Å². The number of ether oxygens (including phenoxy) is 3. The van der Waals surface area contributed by atoms with Crippen molar-refractivity contribution in [3.63, 3.8) is 0 Å². The van der Waals surface area contributed by atoms with Gasteiger partial charge in [-0.2, -0.15) is 5.10 Å². The number of carbonyl (C=O) groups excluding carboxylic acids is 2. The van der Waals surface area contributed by atoms with Gasteiger partial charge in [0, 0.05) is 24.4 Å². The number of aromatic nitrogens is 2. The molecule has 1 aromatic heterocycles. The van der Waals surface area contributed by atoms with E-state index in [0.29, 0.717) is 23.6 Å². The van der Waals surface area contributed by atoms with E-state index in [4.69, 9.17) is 14.2 Å². The molecular formula is C18H23N3O5. The third-order valence-electron chi connectivity index (χ3n) is 3.48. The number of nitrogens with one attached hydrogen (secondary N) is 1. The molecule has 0 aliphatic heterocycles. The summed E-state index contributed by atoms with van der Waals surface area (Å²) in [5, 5.41) is 6.88. The Morgan fingerprint density at radius 1 is 1.15 bits per heavy atom. The molecule has 0 atom stereocenters. The topological polar surface area (TPSA) is 91.7 Å². The number of aryl methyl sites for hydroxylation is 1. The van der Waals surface area contributed by atoms with Crippen LogP contribution in [0.4, 0.5) is 5.69 Å². The lowest BCUT2D eigenvalue weighted by Crippen LogP contribution is -2.17. The number of hydrogen-bond donors (Lipinski definition) is 1. The third kappa shape index (κ3) is 4.53. The fourth-order valence-corrected chi connectivity index (χ4v) is 2.23. The van der Waals surface area contributed by atoms with E-state index in [0.717, 1.165) is 0 Å². The number of methoxy groups -OCH3 is 2. The summed E-state index contributed by atoms with van der Waals surface area (Å²) in [6.45, 7) is 5.92. The highest BCUT2D eigenvalue weighted by molar-refractivity contribution is 6.07. The van der Waals surface area contributed by atoms with Crippen molar-refractivity contribution in [3.05, 3.63) is 35.7 Å². The standard InChI is InChI=1S/C18H23N3O5/c1-6-21-10-15(16(20-21)18(23)26-11(2)3)19-17(22)12-7-13(24-4)9-14(8-12)25-5/h7-11H,6H2,1-5H3,(H,19,22). The van der Waals surface area contributed by atoms with Crippen LogP contribution in [0.15, 0.2) is 24.4 Å². The van der Waals surface area contributed by atoms with E-state index >= 15 is 0 Å². The molecule has 1 amide bonds. The van der Waals surface area contributed by atoms with Crippen molar-refractivity contribution in [2.75, 3.05) is 19.5 Å². The first-order valence-corrected chi connectivity index (χ1v) is 8.20. The van der Waals surface area contributed by atoms with Gasteiger partial charge in [0.25, 0.3) is 5.91 Å². The Kier molecular flexibility index (Phi) is 6.21. The van der Waals surface area contributed by atoms with Crippen LogP contribution >= 0.6 is 0 Å². The molecule has 1 aromatic carbocycles.